The van der Waals surface area contributed by atoms with E-state index >= 15 is 0 Å². The van der Waals surface area contributed by atoms with Crippen molar-refractivity contribution in [1.29, 1.82) is 0 Å². The number of nitrogens with zero attached hydrogens (tertiary/aromatic N) is 4. The van der Waals surface area contributed by atoms with Crippen LogP contribution >= 0.6 is 0 Å². The van der Waals surface area contributed by atoms with Crippen LogP contribution < -0.4 is 16.2 Å². The first-order chi connectivity index (χ1) is 16.0. The first kappa shape index (κ1) is 23.7. The lowest BCUT2D eigenvalue weighted by molar-refractivity contribution is -0.126. The Morgan fingerprint density at radius 1 is 1.32 bits per heavy atom. The number of halogens is 2. The minimum absolute atomic E-state index is 0.0199. The van der Waals surface area contributed by atoms with Crippen LogP contribution in [0.1, 0.15) is 49.0 Å². The molecule has 2 fully saturated rings. The third kappa shape index (κ3) is 4.48. The molecule has 1 aliphatic carbocycles. The largest absolute Gasteiger partial charge is 0.494 e. The maximum absolute atomic E-state index is 13.5. The maximum atomic E-state index is 13.5. The van der Waals surface area contributed by atoms with Crippen LogP contribution in [0.3, 0.4) is 0 Å². The molecule has 0 radical (unpaired) electrons. The van der Waals surface area contributed by atoms with Gasteiger partial charge in [0, 0.05) is 38.7 Å². The lowest BCUT2D eigenvalue weighted by Crippen LogP contribution is -2.34. The number of aromatic nitrogens is 3. The first-order valence-corrected chi connectivity index (χ1v) is 11.2. The van der Waals surface area contributed by atoms with Crippen LogP contribution in [0.25, 0.3) is 11.7 Å². The standard InChI is InChI=1S/C22H28F2N6O4/c1-12(2)10-29-19-14(6-7-15(31)28-9-8-22(23,24)11-28)17(25-3)27-30(19)21(34)16(20(29)33)18(32)26-13-4-5-13/h6-7,12-13,33H,4-5,8-11H2,1-3H3,(H,25,27)(H,26,32)/b7-6+. The molecule has 0 spiro atoms. The highest BCUT2D eigenvalue weighted by Crippen LogP contribution is 2.29. The van der Waals surface area contributed by atoms with Gasteiger partial charge in [-0.05, 0) is 24.8 Å². The molecule has 0 bridgehead atoms. The summed E-state index contributed by atoms with van der Waals surface area (Å²) in [7, 11) is 1.57. The van der Waals surface area contributed by atoms with Crippen LogP contribution in [0, 0.1) is 5.92 Å². The molecule has 10 nitrogen and oxygen atoms in total. The number of hydrogen-bond acceptors (Lipinski definition) is 6. The molecular weight excluding hydrogens is 450 g/mol. The molecule has 1 aliphatic heterocycles. The van der Waals surface area contributed by atoms with Crippen LogP contribution in [0.4, 0.5) is 14.6 Å². The highest BCUT2D eigenvalue weighted by molar-refractivity contribution is 5.97. The van der Waals surface area contributed by atoms with E-state index in [0.29, 0.717) is 5.56 Å². The van der Waals surface area contributed by atoms with Gasteiger partial charge in [0.1, 0.15) is 0 Å². The van der Waals surface area contributed by atoms with E-state index in [4.69, 9.17) is 0 Å². The molecule has 3 heterocycles. The number of likely N-dealkylation sites (tertiary alicyclic amines) is 1. The molecule has 4 rings (SSSR count). The van der Waals surface area contributed by atoms with E-state index in [1.165, 1.54) is 10.6 Å². The van der Waals surface area contributed by atoms with Crippen molar-refractivity contribution in [1.82, 2.24) is 24.4 Å². The van der Waals surface area contributed by atoms with Crippen molar-refractivity contribution in [2.45, 2.75) is 51.6 Å². The predicted molar refractivity (Wildman–Crippen MR) is 121 cm³/mol. The number of nitrogens with one attached hydrogen (secondary N) is 2. The zero-order valence-electron chi connectivity index (χ0n) is 19.3. The Kier molecular flexibility index (Phi) is 6.09. The summed E-state index contributed by atoms with van der Waals surface area (Å²) in [5, 5.41) is 20.8. The molecule has 1 saturated heterocycles. The van der Waals surface area contributed by atoms with Gasteiger partial charge in [-0.3, -0.25) is 19.0 Å². The molecule has 12 heteroatoms. The van der Waals surface area contributed by atoms with Gasteiger partial charge in [-0.1, -0.05) is 13.8 Å². The number of hydrogen-bond donors (Lipinski definition) is 3. The lowest BCUT2D eigenvalue weighted by Gasteiger charge is -2.17. The Morgan fingerprint density at radius 2 is 2.03 bits per heavy atom. The predicted octanol–water partition coefficient (Wildman–Crippen LogP) is 1.67. The topological polar surface area (TPSA) is 121 Å². The van der Waals surface area contributed by atoms with E-state index in [1.807, 2.05) is 13.8 Å². The molecule has 1 saturated carbocycles. The summed E-state index contributed by atoms with van der Waals surface area (Å²) in [6.07, 6.45) is 3.76. The van der Waals surface area contributed by atoms with Gasteiger partial charge in [0.05, 0.1) is 12.1 Å². The second-order valence-corrected chi connectivity index (χ2v) is 9.20. The van der Waals surface area contributed by atoms with E-state index in [0.717, 1.165) is 28.3 Å². The summed E-state index contributed by atoms with van der Waals surface area (Å²) >= 11 is 0. The summed E-state index contributed by atoms with van der Waals surface area (Å²) in [5.41, 5.74) is -0.716. The number of alkyl halides is 2. The van der Waals surface area contributed by atoms with Gasteiger partial charge in [-0.15, -0.1) is 5.10 Å². The molecule has 34 heavy (non-hydrogen) atoms. The number of amides is 2. The van der Waals surface area contributed by atoms with Gasteiger partial charge in [0.25, 0.3) is 17.4 Å². The Balaban J connectivity index is 1.82. The number of rotatable bonds is 7. The SMILES string of the molecule is CNc1nn2c(=O)c(C(=O)NC3CC3)c(O)n(CC(C)C)c2c1/C=C/C(=O)N1CCC(F)(F)C1. The molecule has 2 aromatic heterocycles. The molecule has 2 aromatic rings. The Labute approximate surface area is 194 Å². The Hall–Kier alpha value is -3.44. The van der Waals surface area contributed by atoms with E-state index in [-0.39, 0.29) is 36.5 Å². The second-order valence-electron chi connectivity index (χ2n) is 9.20. The van der Waals surface area contributed by atoms with Gasteiger partial charge < -0.3 is 20.6 Å². The minimum Gasteiger partial charge on any atom is -0.494 e. The summed E-state index contributed by atoms with van der Waals surface area (Å²) < 4.78 is 29.4. The fourth-order valence-corrected chi connectivity index (χ4v) is 4.00. The van der Waals surface area contributed by atoms with Crippen molar-refractivity contribution >= 4 is 29.4 Å². The molecule has 0 atom stereocenters. The number of anilines is 1. The second kappa shape index (κ2) is 8.73. The van der Waals surface area contributed by atoms with E-state index in [9.17, 15) is 28.3 Å². The maximum Gasteiger partial charge on any atom is 0.291 e. The van der Waals surface area contributed by atoms with Gasteiger partial charge in [0.15, 0.2) is 17.0 Å². The zero-order valence-corrected chi connectivity index (χ0v) is 19.3. The quantitative estimate of drug-likeness (QED) is 0.521. The van der Waals surface area contributed by atoms with Crippen LogP contribution in [-0.4, -0.2) is 68.1 Å². The molecule has 2 amide bonds. The number of fused-ring (bicyclic) bond motifs is 1. The number of aromatic hydroxyl groups is 1. The number of carbonyl (C=O) groups is 2. The lowest BCUT2D eigenvalue weighted by atomic mass is 10.2. The fourth-order valence-electron chi connectivity index (χ4n) is 4.00. The van der Waals surface area contributed by atoms with Gasteiger partial charge >= 0.3 is 0 Å². The summed E-state index contributed by atoms with van der Waals surface area (Å²) in [6, 6.07) is -0.0199. The van der Waals surface area contributed by atoms with Crippen LogP contribution in [0.15, 0.2) is 10.9 Å². The van der Waals surface area contributed by atoms with Crippen molar-refractivity contribution < 1.29 is 23.5 Å². The first-order valence-electron chi connectivity index (χ1n) is 11.2. The van der Waals surface area contributed by atoms with Gasteiger partial charge in [0.2, 0.25) is 11.8 Å². The van der Waals surface area contributed by atoms with E-state index < -0.39 is 47.7 Å². The molecule has 0 unspecified atom stereocenters. The molecule has 2 aliphatic rings. The molecule has 184 valence electrons. The number of carbonyl (C=O) groups excluding carboxylic acids is 2. The van der Waals surface area contributed by atoms with E-state index in [1.54, 1.807) is 7.05 Å². The van der Waals surface area contributed by atoms with E-state index in [2.05, 4.69) is 15.7 Å². The van der Waals surface area contributed by atoms with Crippen LogP contribution in [0.2, 0.25) is 0 Å². The van der Waals surface area contributed by atoms with Crippen LogP contribution in [-0.2, 0) is 11.3 Å². The highest BCUT2D eigenvalue weighted by Gasteiger charge is 2.39. The molecular formula is C22H28F2N6O4. The summed E-state index contributed by atoms with van der Waals surface area (Å²) in [5.74, 6) is -4.43. The van der Waals surface area contributed by atoms with Crippen molar-refractivity contribution in [3.05, 3.63) is 27.6 Å². The van der Waals surface area contributed by atoms with Gasteiger partial charge in [-0.25, -0.2) is 8.78 Å². The summed E-state index contributed by atoms with van der Waals surface area (Å²) in [6.45, 7) is 3.35. The molecule has 3 N–H and O–H groups in total. The Morgan fingerprint density at radius 3 is 2.59 bits per heavy atom. The van der Waals surface area contributed by atoms with Gasteiger partial charge in [-0.2, -0.15) is 4.52 Å². The van der Waals surface area contributed by atoms with Crippen molar-refractivity contribution in [2.75, 3.05) is 25.5 Å². The Bertz CT molecular complexity index is 1230. The van der Waals surface area contributed by atoms with Crippen molar-refractivity contribution in [3.63, 3.8) is 0 Å². The van der Waals surface area contributed by atoms with Crippen LogP contribution in [0.5, 0.6) is 5.88 Å². The normalized spacial score (nSPS) is 17.8. The van der Waals surface area contributed by atoms with Crippen molar-refractivity contribution in [3.8, 4) is 5.88 Å². The fraction of sp³-hybridized carbons (Fsp3) is 0.545. The monoisotopic (exact) mass is 478 g/mol. The molecule has 0 aromatic carbocycles. The third-order valence-corrected chi connectivity index (χ3v) is 5.84. The van der Waals surface area contributed by atoms with Crippen molar-refractivity contribution in [2.24, 2.45) is 5.92 Å². The summed E-state index contributed by atoms with van der Waals surface area (Å²) in [4.78, 5) is 39.5. The average molecular weight is 479 g/mol. The average Bonchev–Trinajstić information content (AvgIpc) is 3.37. The highest BCUT2D eigenvalue weighted by atomic mass is 19.3. The smallest absolute Gasteiger partial charge is 0.291 e. The zero-order chi connectivity index (χ0) is 24.8. The minimum atomic E-state index is -2.91. The third-order valence-electron chi connectivity index (χ3n) is 5.84.